The third-order valence-electron chi connectivity index (χ3n) is 5.04. The van der Waals surface area contributed by atoms with Gasteiger partial charge in [-0.2, -0.15) is 0 Å². The van der Waals surface area contributed by atoms with Gasteiger partial charge in [-0.15, -0.1) is 0 Å². The first kappa shape index (κ1) is 21.4. The summed E-state index contributed by atoms with van der Waals surface area (Å²) in [6, 6.07) is 12.5. The Morgan fingerprint density at radius 2 is 1.78 bits per heavy atom. The third-order valence-corrected chi connectivity index (χ3v) is 6.18. The van der Waals surface area contributed by atoms with Crippen LogP contribution in [-0.4, -0.2) is 34.9 Å². The summed E-state index contributed by atoms with van der Waals surface area (Å²) < 4.78 is 18.3. The molecule has 1 aliphatic rings. The fourth-order valence-electron chi connectivity index (χ4n) is 3.51. The number of thiazole rings is 1. The van der Waals surface area contributed by atoms with E-state index in [1.54, 1.807) is 37.3 Å². The van der Waals surface area contributed by atoms with Gasteiger partial charge in [-0.3, -0.25) is 14.5 Å². The van der Waals surface area contributed by atoms with Crippen molar-refractivity contribution in [1.29, 1.82) is 0 Å². The monoisotopic (exact) mass is 452 g/mol. The average Bonchev–Trinajstić information content (AvgIpc) is 3.31. The Labute approximate surface area is 186 Å². The highest BCUT2D eigenvalue weighted by molar-refractivity contribution is 7.17. The molecule has 2 heterocycles. The maximum atomic E-state index is 13.6. The molecule has 1 N–H and O–H groups in total. The first-order valence-corrected chi connectivity index (χ1v) is 10.3. The van der Waals surface area contributed by atoms with E-state index in [1.807, 2.05) is 0 Å². The second kappa shape index (κ2) is 8.35. The number of aliphatic hydroxyl groups excluding tert-OH is 1. The summed E-state index contributed by atoms with van der Waals surface area (Å²) in [4.78, 5) is 43.8. The molecule has 1 aromatic heterocycles. The van der Waals surface area contributed by atoms with Gasteiger partial charge in [0.25, 0.3) is 5.78 Å². The van der Waals surface area contributed by atoms with Crippen molar-refractivity contribution >= 4 is 39.9 Å². The second-order valence-corrected chi connectivity index (χ2v) is 7.97. The maximum Gasteiger partial charge on any atom is 0.350 e. The van der Waals surface area contributed by atoms with Gasteiger partial charge in [0.05, 0.1) is 24.4 Å². The van der Waals surface area contributed by atoms with E-state index in [4.69, 9.17) is 4.74 Å². The molecule has 0 aliphatic carbocycles. The van der Waals surface area contributed by atoms with E-state index in [0.29, 0.717) is 16.8 Å². The van der Waals surface area contributed by atoms with Crippen LogP contribution < -0.4 is 4.90 Å². The molecular weight excluding hydrogens is 435 g/mol. The normalized spacial score (nSPS) is 17.6. The minimum absolute atomic E-state index is 0.0893. The number of aliphatic hydroxyl groups is 1. The molecule has 1 unspecified atom stereocenters. The minimum atomic E-state index is -1.06. The van der Waals surface area contributed by atoms with Crippen LogP contribution in [0.3, 0.4) is 0 Å². The van der Waals surface area contributed by atoms with Crippen molar-refractivity contribution in [2.45, 2.75) is 13.0 Å². The maximum absolute atomic E-state index is 13.6. The van der Waals surface area contributed by atoms with Crippen LogP contribution in [0.5, 0.6) is 0 Å². The van der Waals surface area contributed by atoms with Crippen LogP contribution in [0.1, 0.15) is 32.5 Å². The van der Waals surface area contributed by atoms with Gasteiger partial charge < -0.3 is 9.84 Å². The molecule has 9 heteroatoms. The Morgan fingerprint density at radius 3 is 2.41 bits per heavy atom. The molecule has 162 valence electrons. The van der Waals surface area contributed by atoms with E-state index in [0.717, 1.165) is 16.2 Å². The summed E-state index contributed by atoms with van der Waals surface area (Å²) in [5, 5.41) is 11.0. The lowest BCUT2D eigenvalue weighted by atomic mass is 9.95. The Balaban J connectivity index is 1.93. The van der Waals surface area contributed by atoms with Gasteiger partial charge in [0.1, 0.15) is 16.5 Å². The van der Waals surface area contributed by atoms with Crippen molar-refractivity contribution in [3.8, 4) is 0 Å². The van der Waals surface area contributed by atoms with Crippen molar-refractivity contribution in [3.05, 3.63) is 87.7 Å². The van der Waals surface area contributed by atoms with Crippen molar-refractivity contribution in [2.75, 3.05) is 12.0 Å². The number of rotatable bonds is 4. The van der Waals surface area contributed by atoms with Crippen LogP contribution in [0.15, 0.2) is 60.2 Å². The van der Waals surface area contributed by atoms with Gasteiger partial charge in [-0.1, -0.05) is 53.8 Å². The van der Waals surface area contributed by atoms with Gasteiger partial charge in [-0.25, -0.2) is 14.2 Å². The summed E-state index contributed by atoms with van der Waals surface area (Å²) in [5.74, 6) is -3.30. The third kappa shape index (κ3) is 3.56. The van der Waals surface area contributed by atoms with Gasteiger partial charge in [0.2, 0.25) is 0 Å². The second-order valence-electron chi connectivity index (χ2n) is 6.99. The van der Waals surface area contributed by atoms with Crippen molar-refractivity contribution < 1.29 is 28.6 Å². The number of hydrogen-bond donors (Lipinski definition) is 1. The van der Waals surface area contributed by atoms with Gasteiger partial charge in [0, 0.05) is 5.56 Å². The number of halogens is 1. The fourth-order valence-corrected chi connectivity index (χ4v) is 4.52. The topological polar surface area (TPSA) is 96.8 Å². The number of carbonyl (C=O) groups is 3. The largest absolute Gasteiger partial charge is 0.507 e. The molecule has 0 spiro atoms. The Morgan fingerprint density at radius 1 is 1.12 bits per heavy atom. The predicted molar refractivity (Wildman–Crippen MR) is 116 cm³/mol. The summed E-state index contributed by atoms with van der Waals surface area (Å²) in [5.41, 5.74) is 0.929. The fraction of sp³-hybridized carbons (Fsp3) is 0.130. The summed E-state index contributed by atoms with van der Waals surface area (Å²) in [6.45, 7) is 1.58. The molecule has 4 rings (SSSR count). The van der Waals surface area contributed by atoms with E-state index >= 15 is 0 Å². The number of hydrogen-bond acceptors (Lipinski definition) is 7. The van der Waals surface area contributed by atoms with Crippen LogP contribution >= 0.6 is 11.3 Å². The van der Waals surface area contributed by atoms with Gasteiger partial charge in [0.15, 0.2) is 5.13 Å². The van der Waals surface area contributed by atoms with Crippen LogP contribution in [0.2, 0.25) is 0 Å². The number of nitrogens with zero attached hydrogens (tertiary/aromatic N) is 2. The summed E-state index contributed by atoms with van der Waals surface area (Å²) in [7, 11) is 1.23. The minimum Gasteiger partial charge on any atom is -0.507 e. The Kier molecular flexibility index (Phi) is 5.58. The number of ether oxygens (including phenoxy) is 1. The van der Waals surface area contributed by atoms with E-state index < -0.39 is 29.5 Å². The van der Waals surface area contributed by atoms with Gasteiger partial charge in [-0.05, 0) is 24.6 Å². The number of anilines is 1. The number of aromatic nitrogens is 1. The molecule has 3 aromatic rings. The number of esters is 1. The number of aryl methyl sites for hydroxylation is 1. The van der Waals surface area contributed by atoms with E-state index in [-0.39, 0.29) is 21.3 Å². The average molecular weight is 452 g/mol. The number of Topliss-reactive ketones (excluding diaryl/α,β-unsaturated/α-hetero) is 1. The molecular formula is C23H17FN2O5S. The van der Waals surface area contributed by atoms with Gasteiger partial charge >= 0.3 is 11.9 Å². The highest BCUT2D eigenvalue weighted by atomic mass is 32.1. The molecule has 32 heavy (non-hydrogen) atoms. The van der Waals surface area contributed by atoms with Crippen LogP contribution in [0, 0.1) is 12.7 Å². The van der Waals surface area contributed by atoms with Crippen molar-refractivity contribution in [1.82, 2.24) is 4.98 Å². The number of benzene rings is 2. The van der Waals surface area contributed by atoms with Crippen LogP contribution in [-0.2, 0) is 14.3 Å². The first-order valence-electron chi connectivity index (χ1n) is 9.51. The van der Waals surface area contributed by atoms with E-state index in [2.05, 4.69) is 4.98 Å². The van der Waals surface area contributed by atoms with Crippen LogP contribution in [0.4, 0.5) is 9.52 Å². The molecule has 2 aromatic carbocycles. The van der Waals surface area contributed by atoms with E-state index in [9.17, 15) is 23.9 Å². The Hall–Kier alpha value is -3.85. The summed E-state index contributed by atoms with van der Waals surface area (Å²) >= 11 is 0.895. The van der Waals surface area contributed by atoms with Crippen LogP contribution in [0.25, 0.3) is 5.76 Å². The molecule has 1 saturated heterocycles. The van der Waals surface area contributed by atoms with Crippen molar-refractivity contribution in [3.63, 3.8) is 0 Å². The Bertz CT molecular complexity index is 1250. The standard InChI is InChI=1S/C23H17FN2O5S/c1-12-20(22(30)31-2)32-23(25-12)26-17(13-8-10-15(24)11-9-13)16(19(28)21(26)29)18(27)14-6-4-3-5-7-14/h3-11,17,27H,1-2H3/b18-16-. The molecule has 0 saturated carbocycles. The molecule has 1 amide bonds. The molecule has 0 radical (unpaired) electrons. The highest BCUT2D eigenvalue weighted by Crippen LogP contribution is 2.43. The zero-order valence-electron chi connectivity index (χ0n) is 17.0. The molecule has 0 bridgehead atoms. The first-order chi connectivity index (χ1) is 15.3. The number of ketones is 1. The molecule has 1 aliphatic heterocycles. The quantitative estimate of drug-likeness (QED) is 0.278. The highest BCUT2D eigenvalue weighted by Gasteiger charge is 2.48. The zero-order valence-corrected chi connectivity index (χ0v) is 17.9. The molecule has 1 fully saturated rings. The molecule has 7 nitrogen and oxygen atoms in total. The lowest BCUT2D eigenvalue weighted by Crippen LogP contribution is -2.29. The summed E-state index contributed by atoms with van der Waals surface area (Å²) in [6.07, 6.45) is 0. The lowest BCUT2D eigenvalue weighted by Gasteiger charge is -2.23. The predicted octanol–water partition coefficient (Wildman–Crippen LogP) is 4.00. The number of amides is 1. The number of methoxy groups -OCH3 is 1. The SMILES string of the molecule is COC(=O)c1sc(N2C(=O)C(=O)/C(=C(\O)c3ccccc3)C2c2ccc(F)cc2)nc1C. The smallest absolute Gasteiger partial charge is 0.350 e. The molecule has 1 atom stereocenters. The zero-order chi connectivity index (χ0) is 23.0. The number of carbonyl (C=O) groups excluding carboxylic acids is 3. The van der Waals surface area contributed by atoms with Crippen molar-refractivity contribution in [2.24, 2.45) is 0 Å². The van der Waals surface area contributed by atoms with E-state index in [1.165, 1.54) is 31.4 Å². The lowest BCUT2D eigenvalue weighted by molar-refractivity contribution is -0.132.